The third-order valence-electron chi connectivity index (χ3n) is 5.41. The van der Waals surface area contributed by atoms with Crippen molar-refractivity contribution in [3.8, 4) is 11.6 Å². The van der Waals surface area contributed by atoms with E-state index in [9.17, 15) is 0 Å². The molecule has 3 aromatic heterocycles. The Morgan fingerprint density at radius 2 is 2.07 bits per heavy atom. The number of rotatable bonds is 5. The van der Waals surface area contributed by atoms with E-state index < -0.39 is 0 Å². The third-order valence-corrected chi connectivity index (χ3v) is 5.41. The van der Waals surface area contributed by atoms with Gasteiger partial charge in [0.25, 0.3) is 0 Å². The standard InChI is InChI=1S/C20H22N8O/c1-26-19(7-9-22-26)28-20(15-8-10-27-18(12-15)21-13-23-27)24-17(25-28)11-14-5-3-4-6-16(14)29-2/h3-7,9,13,15H,8,10-12H2,1-2H3. The molecule has 1 aliphatic heterocycles. The number of fused-ring (bicyclic) bond motifs is 1. The summed E-state index contributed by atoms with van der Waals surface area (Å²) in [5, 5.41) is 13.4. The van der Waals surface area contributed by atoms with E-state index in [1.807, 2.05) is 51.4 Å². The Balaban J connectivity index is 1.54. The van der Waals surface area contributed by atoms with Gasteiger partial charge in [-0.2, -0.15) is 14.9 Å². The summed E-state index contributed by atoms with van der Waals surface area (Å²) < 4.78 is 11.2. The largest absolute Gasteiger partial charge is 0.496 e. The van der Waals surface area contributed by atoms with Crippen molar-refractivity contribution < 1.29 is 4.74 Å². The quantitative estimate of drug-likeness (QED) is 0.517. The number of hydrogen-bond acceptors (Lipinski definition) is 6. The smallest absolute Gasteiger partial charge is 0.155 e. The second-order valence-electron chi connectivity index (χ2n) is 7.19. The summed E-state index contributed by atoms with van der Waals surface area (Å²) >= 11 is 0. The van der Waals surface area contributed by atoms with Gasteiger partial charge in [0, 0.05) is 44.0 Å². The van der Waals surface area contributed by atoms with Crippen LogP contribution in [0.25, 0.3) is 5.82 Å². The molecule has 5 rings (SSSR count). The Bertz CT molecular complexity index is 1140. The van der Waals surface area contributed by atoms with Gasteiger partial charge >= 0.3 is 0 Å². The van der Waals surface area contributed by atoms with Crippen LogP contribution in [0.3, 0.4) is 0 Å². The predicted molar refractivity (Wildman–Crippen MR) is 105 cm³/mol. The van der Waals surface area contributed by atoms with Gasteiger partial charge in [-0.1, -0.05) is 18.2 Å². The third kappa shape index (κ3) is 3.18. The Labute approximate surface area is 168 Å². The molecule has 0 N–H and O–H groups in total. The fourth-order valence-electron chi connectivity index (χ4n) is 3.92. The second-order valence-corrected chi connectivity index (χ2v) is 7.19. The van der Waals surface area contributed by atoms with Crippen LogP contribution in [0.1, 0.15) is 35.4 Å². The summed E-state index contributed by atoms with van der Waals surface area (Å²) in [5.74, 6) is 4.65. The molecule has 0 spiro atoms. The lowest BCUT2D eigenvalue weighted by molar-refractivity contribution is 0.410. The fraction of sp³-hybridized carbons (Fsp3) is 0.350. The first-order valence-electron chi connectivity index (χ1n) is 9.65. The average molecular weight is 390 g/mol. The molecule has 0 bridgehead atoms. The average Bonchev–Trinajstić information content (AvgIpc) is 3.47. The topological polar surface area (TPSA) is 88.5 Å². The molecule has 9 nitrogen and oxygen atoms in total. The second kappa shape index (κ2) is 7.16. The van der Waals surface area contributed by atoms with Crippen molar-refractivity contribution in [1.82, 2.24) is 39.3 Å². The normalized spacial score (nSPS) is 16.0. The first-order valence-corrected chi connectivity index (χ1v) is 9.65. The zero-order valence-electron chi connectivity index (χ0n) is 16.4. The summed E-state index contributed by atoms with van der Waals surface area (Å²) in [5.41, 5.74) is 1.06. The number of ether oxygens (including phenoxy) is 1. The predicted octanol–water partition coefficient (Wildman–Crippen LogP) is 1.92. The Morgan fingerprint density at radius 3 is 2.90 bits per heavy atom. The molecule has 0 aliphatic carbocycles. The van der Waals surface area contributed by atoms with Crippen molar-refractivity contribution in [2.75, 3.05) is 7.11 Å². The number of nitrogens with zero attached hydrogens (tertiary/aromatic N) is 8. The SMILES string of the molecule is COc1ccccc1Cc1nc(C2CCn3ncnc3C2)n(-c2ccnn2C)n1. The number of hydrogen-bond donors (Lipinski definition) is 0. The van der Waals surface area contributed by atoms with Crippen LogP contribution < -0.4 is 4.74 Å². The van der Waals surface area contributed by atoms with Crippen molar-refractivity contribution >= 4 is 0 Å². The Morgan fingerprint density at radius 1 is 1.17 bits per heavy atom. The van der Waals surface area contributed by atoms with Gasteiger partial charge in [-0.3, -0.25) is 9.36 Å². The molecular formula is C20H22N8O. The molecule has 1 aromatic carbocycles. The molecule has 0 saturated heterocycles. The maximum atomic E-state index is 5.50. The van der Waals surface area contributed by atoms with Gasteiger partial charge in [-0.15, -0.1) is 5.10 Å². The number of benzene rings is 1. The van der Waals surface area contributed by atoms with Crippen LogP contribution in [0.5, 0.6) is 5.75 Å². The Hall–Kier alpha value is -3.49. The molecule has 1 aliphatic rings. The molecule has 148 valence electrons. The minimum atomic E-state index is 0.223. The van der Waals surface area contributed by atoms with Gasteiger partial charge in [-0.05, 0) is 12.5 Å². The van der Waals surface area contributed by atoms with Gasteiger partial charge in [0.15, 0.2) is 11.6 Å². The lowest BCUT2D eigenvalue weighted by Gasteiger charge is -2.21. The van der Waals surface area contributed by atoms with Crippen molar-refractivity contribution in [3.05, 3.63) is 65.9 Å². The molecule has 9 heteroatoms. The Kier molecular flexibility index (Phi) is 4.34. The molecule has 0 radical (unpaired) electrons. The molecule has 29 heavy (non-hydrogen) atoms. The van der Waals surface area contributed by atoms with Crippen molar-refractivity contribution in [1.29, 1.82) is 0 Å². The van der Waals surface area contributed by atoms with E-state index in [0.29, 0.717) is 6.42 Å². The molecule has 1 unspecified atom stereocenters. The summed E-state index contributed by atoms with van der Waals surface area (Å²) in [6.45, 7) is 0.833. The first kappa shape index (κ1) is 17.6. The number of aromatic nitrogens is 8. The molecule has 0 saturated carbocycles. The van der Waals surface area contributed by atoms with Crippen molar-refractivity contribution in [2.24, 2.45) is 7.05 Å². The minimum absolute atomic E-state index is 0.223. The molecule has 0 fully saturated rings. The fourth-order valence-corrected chi connectivity index (χ4v) is 3.92. The molecule has 0 amide bonds. The highest BCUT2D eigenvalue weighted by atomic mass is 16.5. The van der Waals surface area contributed by atoms with Crippen LogP contribution in [0.2, 0.25) is 0 Å². The van der Waals surface area contributed by atoms with Crippen molar-refractivity contribution in [2.45, 2.75) is 31.7 Å². The molecular weight excluding hydrogens is 368 g/mol. The van der Waals surface area contributed by atoms with Gasteiger partial charge in [0.2, 0.25) is 0 Å². The van der Waals surface area contributed by atoms with Crippen LogP contribution in [0.4, 0.5) is 0 Å². The van der Waals surface area contributed by atoms with Crippen LogP contribution in [-0.2, 0) is 26.4 Å². The van der Waals surface area contributed by atoms with Gasteiger partial charge in [-0.25, -0.2) is 9.97 Å². The lowest BCUT2D eigenvalue weighted by Crippen LogP contribution is -2.22. The van der Waals surface area contributed by atoms with E-state index in [-0.39, 0.29) is 5.92 Å². The summed E-state index contributed by atoms with van der Waals surface area (Å²) in [6, 6.07) is 9.93. The van der Waals surface area contributed by atoms with Gasteiger partial charge < -0.3 is 4.74 Å². The highest BCUT2D eigenvalue weighted by molar-refractivity contribution is 5.35. The number of para-hydroxylation sites is 1. The zero-order chi connectivity index (χ0) is 19.8. The van der Waals surface area contributed by atoms with Crippen molar-refractivity contribution in [3.63, 3.8) is 0 Å². The van der Waals surface area contributed by atoms with Gasteiger partial charge in [0.05, 0.1) is 13.3 Å². The summed E-state index contributed by atoms with van der Waals surface area (Å²) in [7, 11) is 3.60. The lowest BCUT2D eigenvalue weighted by atomic mass is 9.97. The summed E-state index contributed by atoms with van der Waals surface area (Å²) in [6.07, 6.45) is 5.74. The van der Waals surface area contributed by atoms with E-state index in [1.165, 1.54) is 0 Å². The van der Waals surface area contributed by atoms with E-state index in [0.717, 1.165) is 54.0 Å². The van der Waals surface area contributed by atoms with E-state index in [1.54, 1.807) is 19.6 Å². The maximum Gasteiger partial charge on any atom is 0.155 e. The monoisotopic (exact) mass is 390 g/mol. The minimum Gasteiger partial charge on any atom is -0.496 e. The number of methoxy groups -OCH3 is 1. The molecule has 1 atom stereocenters. The molecule has 4 heterocycles. The maximum absolute atomic E-state index is 5.50. The van der Waals surface area contributed by atoms with E-state index >= 15 is 0 Å². The zero-order valence-corrected chi connectivity index (χ0v) is 16.4. The van der Waals surface area contributed by atoms with Crippen LogP contribution in [0, 0.1) is 0 Å². The van der Waals surface area contributed by atoms with Crippen LogP contribution in [0.15, 0.2) is 42.9 Å². The molecule has 4 aromatic rings. The van der Waals surface area contributed by atoms with E-state index in [4.69, 9.17) is 14.8 Å². The van der Waals surface area contributed by atoms with Crippen LogP contribution >= 0.6 is 0 Å². The highest BCUT2D eigenvalue weighted by Gasteiger charge is 2.28. The van der Waals surface area contributed by atoms with E-state index in [2.05, 4.69) is 15.2 Å². The number of aryl methyl sites for hydroxylation is 2. The first-order chi connectivity index (χ1) is 14.2. The van der Waals surface area contributed by atoms with Gasteiger partial charge in [0.1, 0.15) is 23.7 Å². The van der Waals surface area contributed by atoms with Crippen LogP contribution in [-0.4, -0.2) is 46.4 Å². The highest BCUT2D eigenvalue weighted by Crippen LogP contribution is 2.29. The summed E-state index contributed by atoms with van der Waals surface area (Å²) in [4.78, 5) is 9.36.